The Bertz CT molecular complexity index is 792. The van der Waals surface area contributed by atoms with Crippen LogP contribution in [0.15, 0.2) is 47.9 Å². The molecule has 112 valence electrons. The molecule has 1 aromatic carbocycles. The van der Waals surface area contributed by atoms with E-state index in [1.165, 1.54) is 11.8 Å². The Morgan fingerprint density at radius 2 is 2.05 bits per heavy atom. The first-order valence-corrected chi connectivity index (χ1v) is 7.91. The van der Waals surface area contributed by atoms with Crippen LogP contribution in [0.4, 0.5) is 0 Å². The van der Waals surface area contributed by atoms with Crippen molar-refractivity contribution in [1.29, 1.82) is 0 Å². The number of hydrogen-bond donors (Lipinski definition) is 1. The average molecular weight is 312 g/mol. The van der Waals surface area contributed by atoms with E-state index < -0.39 is 0 Å². The second kappa shape index (κ2) is 6.19. The van der Waals surface area contributed by atoms with Crippen LogP contribution < -0.4 is 0 Å². The van der Waals surface area contributed by atoms with Crippen molar-refractivity contribution in [2.24, 2.45) is 0 Å². The number of H-pyrrole nitrogens is 1. The van der Waals surface area contributed by atoms with Gasteiger partial charge >= 0.3 is 0 Å². The lowest BCUT2D eigenvalue weighted by molar-refractivity contribution is 0.102. The summed E-state index contributed by atoms with van der Waals surface area (Å²) >= 11 is 1.40. The Balaban J connectivity index is 1.74. The largest absolute Gasteiger partial charge is 0.362 e. The van der Waals surface area contributed by atoms with Crippen LogP contribution in [0.3, 0.4) is 0 Å². The fourth-order valence-corrected chi connectivity index (χ4v) is 3.12. The van der Waals surface area contributed by atoms with E-state index in [0.717, 1.165) is 22.6 Å². The number of carbonyl (C=O) groups is 1. The molecule has 0 fully saturated rings. The van der Waals surface area contributed by atoms with E-state index in [0.29, 0.717) is 10.9 Å². The number of hydrogen-bond acceptors (Lipinski definition) is 4. The van der Waals surface area contributed by atoms with Crippen molar-refractivity contribution < 1.29 is 4.79 Å². The molecule has 0 radical (unpaired) electrons. The highest BCUT2D eigenvalue weighted by Gasteiger charge is 2.14. The van der Waals surface area contributed by atoms with Crippen molar-refractivity contribution in [3.05, 3.63) is 59.7 Å². The zero-order valence-corrected chi connectivity index (χ0v) is 13.2. The van der Waals surface area contributed by atoms with E-state index in [1.807, 2.05) is 54.8 Å². The summed E-state index contributed by atoms with van der Waals surface area (Å²) in [5.41, 5.74) is 3.64. The molecule has 0 amide bonds. The van der Waals surface area contributed by atoms with Crippen molar-refractivity contribution in [3.8, 4) is 5.69 Å². The van der Waals surface area contributed by atoms with Gasteiger partial charge in [-0.3, -0.25) is 9.36 Å². The van der Waals surface area contributed by atoms with E-state index in [2.05, 4.69) is 15.2 Å². The SMILES string of the molecule is Cc1cc(C(=O)CSc2nncn2-c2ccccc2)c(C)[nH]1. The zero-order chi connectivity index (χ0) is 15.5. The van der Waals surface area contributed by atoms with Crippen LogP contribution in [0.2, 0.25) is 0 Å². The van der Waals surface area contributed by atoms with Crippen molar-refractivity contribution in [1.82, 2.24) is 19.7 Å². The fourth-order valence-electron chi connectivity index (χ4n) is 2.31. The van der Waals surface area contributed by atoms with Crippen LogP contribution in [-0.2, 0) is 0 Å². The molecule has 0 aliphatic rings. The molecule has 2 aromatic heterocycles. The third-order valence-corrected chi connectivity index (χ3v) is 4.28. The lowest BCUT2D eigenvalue weighted by Crippen LogP contribution is -2.04. The molecule has 0 saturated carbocycles. The number of para-hydroxylation sites is 1. The Morgan fingerprint density at radius 1 is 1.27 bits per heavy atom. The highest BCUT2D eigenvalue weighted by molar-refractivity contribution is 7.99. The Hall–Kier alpha value is -2.34. The van der Waals surface area contributed by atoms with Crippen molar-refractivity contribution in [2.75, 3.05) is 5.75 Å². The maximum Gasteiger partial charge on any atom is 0.196 e. The average Bonchev–Trinajstić information content (AvgIpc) is 3.12. The molecular weight excluding hydrogens is 296 g/mol. The Morgan fingerprint density at radius 3 is 2.73 bits per heavy atom. The van der Waals surface area contributed by atoms with Gasteiger partial charge in [0.15, 0.2) is 10.9 Å². The van der Waals surface area contributed by atoms with E-state index >= 15 is 0 Å². The number of benzene rings is 1. The van der Waals surface area contributed by atoms with E-state index in [-0.39, 0.29) is 5.78 Å². The van der Waals surface area contributed by atoms with Crippen LogP contribution in [0, 0.1) is 13.8 Å². The van der Waals surface area contributed by atoms with Gasteiger partial charge in [0, 0.05) is 22.6 Å². The summed E-state index contributed by atoms with van der Waals surface area (Å²) in [6.07, 6.45) is 1.66. The van der Waals surface area contributed by atoms with E-state index in [1.54, 1.807) is 6.33 Å². The minimum absolute atomic E-state index is 0.0921. The van der Waals surface area contributed by atoms with Gasteiger partial charge in [-0.15, -0.1) is 10.2 Å². The molecule has 0 aliphatic heterocycles. The number of nitrogens with one attached hydrogen (secondary N) is 1. The number of aromatic amines is 1. The zero-order valence-electron chi connectivity index (χ0n) is 12.4. The molecule has 0 atom stereocenters. The molecule has 0 bridgehead atoms. The molecule has 1 N–H and O–H groups in total. The van der Waals surface area contributed by atoms with Gasteiger partial charge in [0.2, 0.25) is 0 Å². The van der Waals surface area contributed by atoms with Crippen LogP contribution >= 0.6 is 11.8 Å². The van der Waals surface area contributed by atoms with Gasteiger partial charge in [-0.2, -0.15) is 0 Å². The molecule has 3 rings (SSSR count). The normalized spacial score (nSPS) is 10.8. The molecule has 0 saturated heterocycles. The summed E-state index contributed by atoms with van der Waals surface area (Å²) in [5.74, 6) is 0.429. The monoisotopic (exact) mass is 312 g/mol. The molecule has 0 aliphatic carbocycles. The third-order valence-electron chi connectivity index (χ3n) is 3.33. The minimum atomic E-state index is 0.0921. The molecule has 3 aromatic rings. The fraction of sp³-hybridized carbons (Fsp3) is 0.188. The molecule has 6 heteroatoms. The van der Waals surface area contributed by atoms with E-state index in [9.17, 15) is 4.79 Å². The van der Waals surface area contributed by atoms with Gasteiger partial charge in [0.1, 0.15) is 6.33 Å². The number of nitrogens with zero attached hydrogens (tertiary/aromatic N) is 3. The highest BCUT2D eigenvalue weighted by Crippen LogP contribution is 2.21. The molecule has 22 heavy (non-hydrogen) atoms. The highest BCUT2D eigenvalue weighted by atomic mass is 32.2. The Labute approximate surface area is 132 Å². The number of aryl methyl sites for hydroxylation is 2. The second-order valence-corrected chi connectivity index (χ2v) is 5.96. The van der Waals surface area contributed by atoms with Gasteiger partial charge in [0.25, 0.3) is 0 Å². The predicted octanol–water partition coefficient (Wildman–Crippen LogP) is 3.19. The van der Waals surface area contributed by atoms with Gasteiger partial charge in [-0.1, -0.05) is 30.0 Å². The number of thioether (sulfide) groups is 1. The standard InChI is InChI=1S/C16H16N4OS/c1-11-8-14(12(2)18-11)15(21)9-22-16-19-17-10-20(16)13-6-4-3-5-7-13/h3-8,10,18H,9H2,1-2H3. The summed E-state index contributed by atoms with van der Waals surface area (Å²) in [6, 6.07) is 11.7. The van der Waals surface area contributed by atoms with Crippen molar-refractivity contribution in [2.45, 2.75) is 19.0 Å². The number of Topliss-reactive ketones (excluding diaryl/α,β-unsaturated/α-hetero) is 1. The van der Waals surface area contributed by atoms with Gasteiger partial charge in [-0.25, -0.2) is 0 Å². The summed E-state index contributed by atoms with van der Waals surface area (Å²) in [6.45, 7) is 3.86. The smallest absolute Gasteiger partial charge is 0.196 e. The van der Waals surface area contributed by atoms with Crippen molar-refractivity contribution in [3.63, 3.8) is 0 Å². The van der Waals surface area contributed by atoms with Crippen LogP contribution in [0.5, 0.6) is 0 Å². The lowest BCUT2D eigenvalue weighted by atomic mass is 10.2. The van der Waals surface area contributed by atoms with Crippen LogP contribution in [-0.4, -0.2) is 31.3 Å². The number of carbonyl (C=O) groups excluding carboxylic acids is 1. The van der Waals surface area contributed by atoms with E-state index in [4.69, 9.17) is 0 Å². The molecule has 0 spiro atoms. The first-order valence-electron chi connectivity index (χ1n) is 6.93. The quantitative estimate of drug-likeness (QED) is 0.580. The number of rotatable bonds is 5. The van der Waals surface area contributed by atoms with Gasteiger partial charge in [-0.05, 0) is 32.0 Å². The topological polar surface area (TPSA) is 63.6 Å². The molecule has 5 nitrogen and oxygen atoms in total. The van der Waals surface area contributed by atoms with Gasteiger partial charge in [0.05, 0.1) is 5.75 Å². The summed E-state index contributed by atoms with van der Waals surface area (Å²) in [5, 5.41) is 8.76. The summed E-state index contributed by atoms with van der Waals surface area (Å²) in [7, 11) is 0. The predicted molar refractivity (Wildman–Crippen MR) is 86.7 cm³/mol. The third kappa shape index (κ3) is 2.96. The van der Waals surface area contributed by atoms with Crippen molar-refractivity contribution >= 4 is 17.5 Å². The Kier molecular flexibility index (Phi) is 4.11. The maximum absolute atomic E-state index is 12.3. The lowest BCUT2D eigenvalue weighted by Gasteiger charge is -2.05. The number of aromatic nitrogens is 4. The molecule has 2 heterocycles. The first-order chi connectivity index (χ1) is 10.6. The van der Waals surface area contributed by atoms with Crippen LogP contribution in [0.1, 0.15) is 21.7 Å². The molecular formula is C16H16N4OS. The maximum atomic E-state index is 12.3. The minimum Gasteiger partial charge on any atom is -0.362 e. The summed E-state index contributed by atoms with van der Waals surface area (Å²) in [4.78, 5) is 15.5. The van der Waals surface area contributed by atoms with Gasteiger partial charge < -0.3 is 4.98 Å². The first kappa shape index (κ1) is 14.6. The second-order valence-electron chi connectivity index (χ2n) is 5.02. The molecule has 0 unspecified atom stereocenters. The summed E-state index contributed by atoms with van der Waals surface area (Å²) < 4.78 is 1.88. The number of ketones is 1. The van der Waals surface area contributed by atoms with Crippen LogP contribution in [0.25, 0.3) is 5.69 Å².